The van der Waals surface area contributed by atoms with Crippen LogP contribution in [0.4, 0.5) is 14.8 Å². The van der Waals surface area contributed by atoms with Crippen LogP contribution in [-0.4, -0.2) is 22.6 Å². The molecule has 28 heavy (non-hydrogen) atoms. The van der Waals surface area contributed by atoms with Crippen LogP contribution < -0.4 is 16.6 Å². The first-order valence-electron chi connectivity index (χ1n) is 7.84. The van der Waals surface area contributed by atoms with Crippen molar-refractivity contribution in [3.63, 3.8) is 0 Å². The second-order valence-electron chi connectivity index (χ2n) is 5.17. The van der Waals surface area contributed by atoms with Gasteiger partial charge in [-0.15, -0.1) is 5.10 Å². The van der Waals surface area contributed by atoms with E-state index in [1.165, 1.54) is 18.2 Å². The molecule has 3 aromatic rings. The van der Waals surface area contributed by atoms with E-state index < -0.39 is 11.7 Å². The largest absolute Gasteiger partial charge is 0.403 e. The lowest BCUT2D eigenvalue weighted by Gasteiger charge is -1.99. The summed E-state index contributed by atoms with van der Waals surface area (Å²) in [6.45, 7) is 2.61. The van der Waals surface area contributed by atoms with Crippen LogP contribution in [-0.2, 0) is 0 Å². The number of anilines is 1. The number of carbonyl (C=O) groups excluding carboxylic acids is 1. The minimum absolute atomic E-state index is 0.193. The van der Waals surface area contributed by atoms with Gasteiger partial charge in [0.25, 0.3) is 5.91 Å². The number of nitrogens with zero attached hydrogens (tertiary/aromatic N) is 2. The van der Waals surface area contributed by atoms with Gasteiger partial charge in [-0.2, -0.15) is 0 Å². The van der Waals surface area contributed by atoms with Gasteiger partial charge in [0.1, 0.15) is 11.6 Å². The number of hydrogen-bond acceptors (Lipinski definition) is 6. The third-order valence-electron chi connectivity index (χ3n) is 3.23. The van der Waals surface area contributed by atoms with E-state index in [4.69, 9.17) is 10.3 Å². The zero-order valence-electron chi connectivity index (χ0n) is 14.5. The topological polar surface area (TPSA) is 106 Å². The molecule has 0 spiro atoms. The Kier molecular flexibility index (Phi) is 8.03. The van der Waals surface area contributed by atoms with Crippen molar-refractivity contribution < 1.29 is 18.0 Å². The third kappa shape index (κ3) is 5.81. The Hall–Kier alpha value is -2.37. The molecule has 0 bridgehead atoms. The molecule has 0 atom stereocenters. The minimum atomic E-state index is -0.513. The summed E-state index contributed by atoms with van der Waals surface area (Å²) in [6.07, 6.45) is 0. The van der Waals surface area contributed by atoms with E-state index in [9.17, 15) is 13.6 Å². The average molecular weight is 519 g/mol. The second-order valence-corrected chi connectivity index (χ2v) is 6.88. The molecule has 4 N–H and O–H groups in total. The SMILES string of the molecule is CCNc1nnc(-c2ccc(Br)c(F)c2)o1.NNC(=O)c1ccc(Br)c(F)c1. The summed E-state index contributed by atoms with van der Waals surface area (Å²) >= 11 is 6.04. The van der Waals surface area contributed by atoms with Crippen molar-refractivity contribution in [2.75, 3.05) is 11.9 Å². The number of nitrogen functional groups attached to an aromatic ring is 1. The molecule has 2 aromatic carbocycles. The number of nitrogens with one attached hydrogen (secondary N) is 2. The van der Waals surface area contributed by atoms with Crippen molar-refractivity contribution in [2.45, 2.75) is 6.92 Å². The van der Waals surface area contributed by atoms with Gasteiger partial charge in [-0.25, -0.2) is 14.6 Å². The normalized spacial score (nSPS) is 10.1. The smallest absolute Gasteiger partial charge is 0.315 e. The van der Waals surface area contributed by atoms with Gasteiger partial charge in [-0.1, -0.05) is 5.10 Å². The zero-order valence-corrected chi connectivity index (χ0v) is 17.6. The Labute approximate surface area is 175 Å². The van der Waals surface area contributed by atoms with Crippen LogP contribution in [0.2, 0.25) is 0 Å². The molecule has 0 unspecified atom stereocenters. The molecule has 7 nitrogen and oxygen atoms in total. The molecular weight excluding hydrogens is 504 g/mol. The Morgan fingerprint density at radius 3 is 2.32 bits per heavy atom. The molecule has 3 rings (SSSR count). The predicted molar refractivity (Wildman–Crippen MR) is 107 cm³/mol. The fourth-order valence-corrected chi connectivity index (χ4v) is 2.41. The highest BCUT2D eigenvalue weighted by atomic mass is 79.9. The molecule has 1 amide bonds. The molecule has 11 heteroatoms. The van der Waals surface area contributed by atoms with Crippen LogP contribution in [0.15, 0.2) is 49.8 Å². The van der Waals surface area contributed by atoms with Crippen molar-refractivity contribution in [1.29, 1.82) is 0 Å². The molecular formula is C17H15Br2F2N5O2. The maximum Gasteiger partial charge on any atom is 0.315 e. The number of hydrogen-bond donors (Lipinski definition) is 3. The van der Waals surface area contributed by atoms with Crippen molar-refractivity contribution in [1.82, 2.24) is 15.6 Å². The highest BCUT2D eigenvalue weighted by molar-refractivity contribution is 9.10. The van der Waals surface area contributed by atoms with Crippen molar-refractivity contribution in [3.05, 3.63) is 62.5 Å². The number of halogens is 4. The Morgan fingerprint density at radius 2 is 1.75 bits per heavy atom. The number of carbonyl (C=O) groups is 1. The summed E-state index contributed by atoms with van der Waals surface area (Å²) in [5.41, 5.74) is 2.65. The fourth-order valence-electron chi connectivity index (χ4n) is 1.91. The molecule has 148 valence electrons. The summed E-state index contributed by atoms with van der Waals surface area (Å²) in [5, 5.41) is 10.5. The Balaban J connectivity index is 0.000000209. The fraction of sp³-hybridized carbons (Fsp3) is 0.118. The average Bonchev–Trinajstić information content (AvgIpc) is 3.15. The molecule has 0 saturated carbocycles. The third-order valence-corrected chi connectivity index (χ3v) is 4.52. The maximum atomic E-state index is 13.3. The monoisotopic (exact) mass is 517 g/mol. The standard InChI is InChI=1S/C10H9BrFN3O.C7H6BrFN2O/c1-2-13-10-15-14-9(16-10)6-3-4-7(11)8(12)5-6;8-5-2-1-4(3-6(5)9)7(12)11-10/h3-5H,2H2,1H3,(H,13,15);1-3H,10H2,(H,11,12). The van der Waals surface area contributed by atoms with Gasteiger partial charge in [-0.05, 0) is 75.2 Å². The van der Waals surface area contributed by atoms with E-state index in [2.05, 4.69) is 47.4 Å². The number of aromatic nitrogens is 2. The summed E-state index contributed by atoms with van der Waals surface area (Å²) in [6, 6.07) is 8.99. The summed E-state index contributed by atoms with van der Waals surface area (Å²) in [5.74, 6) is 3.79. The highest BCUT2D eigenvalue weighted by Crippen LogP contribution is 2.24. The van der Waals surface area contributed by atoms with Crippen LogP contribution in [0.25, 0.3) is 11.5 Å². The number of benzene rings is 2. The molecule has 0 aliphatic rings. The molecule has 1 aromatic heterocycles. The van der Waals surface area contributed by atoms with Crippen molar-refractivity contribution >= 4 is 43.8 Å². The molecule has 0 aliphatic heterocycles. The van der Waals surface area contributed by atoms with Crippen LogP contribution >= 0.6 is 31.9 Å². The Morgan fingerprint density at radius 1 is 1.11 bits per heavy atom. The summed E-state index contributed by atoms with van der Waals surface area (Å²) in [7, 11) is 0. The van der Waals surface area contributed by atoms with E-state index in [-0.39, 0.29) is 11.4 Å². The van der Waals surface area contributed by atoms with Crippen LogP contribution in [0.1, 0.15) is 17.3 Å². The number of hydrazine groups is 1. The molecule has 0 radical (unpaired) electrons. The van der Waals surface area contributed by atoms with Crippen molar-refractivity contribution in [2.24, 2.45) is 5.84 Å². The van der Waals surface area contributed by atoms with Gasteiger partial charge >= 0.3 is 6.01 Å². The lowest BCUT2D eigenvalue weighted by Crippen LogP contribution is -2.29. The van der Waals surface area contributed by atoms with Crippen LogP contribution in [0.3, 0.4) is 0 Å². The molecule has 0 fully saturated rings. The second kappa shape index (κ2) is 10.2. The van der Waals surface area contributed by atoms with Gasteiger partial charge in [0, 0.05) is 17.7 Å². The quantitative estimate of drug-likeness (QED) is 0.270. The number of nitrogens with two attached hydrogens (primary N) is 1. The number of amides is 1. The zero-order chi connectivity index (χ0) is 20.7. The van der Waals surface area contributed by atoms with Gasteiger partial charge in [0.2, 0.25) is 5.89 Å². The van der Waals surface area contributed by atoms with Gasteiger partial charge < -0.3 is 9.73 Å². The first-order chi connectivity index (χ1) is 13.3. The highest BCUT2D eigenvalue weighted by Gasteiger charge is 2.10. The van der Waals surface area contributed by atoms with E-state index in [1.54, 1.807) is 12.1 Å². The van der Waals surface area contributed by atoms with E-state index in [1.807, 2.05) is 12.3 Å². The van der Waals surface area contributed by atoms with Gasteiger partial charge in [0.15, 0.2) is 0 Å². The first-order valence-corrected chi connectivity index (χ1v) is 9.43. The first kappa shape index (κ1) is 21.9. The van der Waals surface area contributed by atoms with E-state index in [0.717, 1.165) is 6.07 Å². The predicted octanol–water partition coefficient (Wildman–Crippen LogP) is 4.26. The lowest BCUT2D eigenvalue weighted by molar-refractivity contribution is 0.0953. The number of rotatable bonds is 4. The van der Waals surface area contributed by atoms with E-state index in [0.29, 0.717) is 33.0 Å². The summed E-state index contributed by atoms with van der Waals surface area (Å²) < 4.78 is 32.1. The van der Waals surface area contributed by atoms with E-state index >= 15 is 0 Å². The summed E-state index contributed by atoms with van der Waals surface area (Å²) in [4.78, 5) is 10.9. The van der Waals surface area contributed by atoms with Crippen LogP contribution in [0, 0.1) is 11.6 Å². The molecule has 0 aliphatic carbocycles. The molecule has 0 saturated heterocycles. The molecule has 1 heterocycles. The minimum Gasteiger partial charge on any atom is -0.403 e. The van der Waals surface area contributed by atoms with Gasteiger partial charge in [0.05, 0.1) is 8.95 Å². The van der Waals surface area contributed by atoms with Crippen LogP contribution in [0.5, 0.6) is 0 Å². The van der Waals surface area contributed by atoms with Gasteiger partial charge in [-0.3, -0.25) is 10.2 Å². The lowest BCUT2D eigenvalue weighted by atomic mass is 10.2. The maximum absolute atomic E-state index is 13.3. The Bertz CT molecular complexity index is 968. The van der Waals surface area contributed by atoms with Crippen molar-refractivity contribution in [3.8, 4) is 11.5 Å².